The molecule has 2 unspecified atom stereocenters. The van der Waals surface area contributed by atoms with E-state index < -0.39 is 18.9 Å². The first-order chi connectivity index (χ1) is 9.60. The van der Waals surface area contributed by atoms with Gasteiger partial charge in [0, 0.05) is 0 Å². The standard InChI is InChI=1S/C12H12NO5PS/c14-19(18-13-20(15)16,12-9-5-2-6-10-12)17-11-7-3-1-4-8-11/h1-10,13H,(H,15,16). The van der Waals surface area contributed by atoms with Crippen molar-refractivity contribution < 1.29 is 22.5 Å². The van der Waals surface area contributed by atoms with Crippen molar-refractivity contribution in [1.29, 1.82) is 0 Å². The number of rotatable bonds is 6. The average molecular weight is 313 g/mol. The van der Waals surface area contributed by atoms with Crippen molar-refractivity contribution in [3.8, 4) is 5.75 Å². The van der Waals surface area contributed by atoms with E-state index in [1.807, 2.05) is 0 Å². The lowest BCUT2D eigenvalue weighted by atomic mass is 10.3. The van der Waals surface area contributed by atoms with E-state index in [1.165, 1.54) is 0 Å². The molecule has 2 rings (SSSR count). The monoisotopic (exact) mass is 313 g/mol. The first-order valence-electron chi connectivity index (χ1n) is 5.55. The van der Waals surface area contributed by atoms with Crippen LogP contribution in [0.5, 0.6) is 5.75 Å². The summed E-state index contributed by atoms with van der Waals surface area (Å²) in [4.78, 5) is 1.74. The minimum atomic E-state index is -3.81. The third kappa shape index (κ3) is 4.00. The highest BCUT2D eigenvalue weighted by Gasteiger charge is 2.30. The van der Waals surface area contributed by atoms with Crippen LogP contribution in [0.15, 0.2) is 60.7 Å². The largest absolute Gasteiger partial charge is 0.427 e. The van der Waals surface area contributed by atoms with Crippen LogP contribution in [0.4, 0.5) is 0 Å². The van der Waals surface area contributed by atoms with Gasteiger partial charge in [0.15, 0.2) is 0 Å². The van der Waals surface area contributed by atoms with Gasteiger partial charge < -0.3 is 4.52 Å². The van der Waals surface area contributed by atoms with Gasteiger partial charge in [0.05, 0.1) is 5.30 Å². The van der Waals surface area contributed by atoms with Crippen LogP contribution in [-0.2, 0) is 20.5 Å². The summed E-state index contributed by atoms with van der Waals surface area (Å²) in [6, 6.07) is 16.6. The van der Waals surface area contributed by atoms with E-state index in [0.29, 0.717) is 5.75 Å². The van der Waals surface area contributed by atoms with Crippen LogP contribution in [0.2, 0.25) is 0 Å². The van der Waals surface area contributed by atoms with Crippen LogP contribution in [0.3, 0.4) is 0 Å². The van der Waals surface area contributed by atoms with Gasteiger partial charge in [0.2, 0.25) is 0 Å². The molecule has 8 heteroatoms. The number of para-hydroxylation sites is 1. The molecule has 2 aromatic rings. The number of nitrogens with one attached hydrogen (secondary N) is 1. The predicted octanol–water partition coefficient (Wildman–Crippen LogP) is 2.24. The lowest BCUT2D eigenvalue weighted by Crippen LogP contribution is -2.22. The van der Waals surface area contributed by atoms with Gasteiger partial charge in [-0.05, 0) is 24.3 Å². The van der Waals surface area contributed by atoms with E-state index in [9.17, 15) is 8.77 Å². The molecule has 20 heavy (non-hydrogen) atoms. The van der Waals surface area contributed by atoms with Gasteiger partial charge >= 0.3 is 7.60 Å². The molecule has 0 aromatic heterocycles. The van der Waals surface area contributed by atoms with Crippen molar-refractivity contribution in [3.63, 3.8) is 0 Å². The van der Waals surface area contributed by atoms with Crippen LogP contribution in [0.25, 0.3) is 0 Å². The van der Waals surface area contributed by atoms with Crippen molar-refractivity contribution in [2.45, 2.75) is 0 Å². The average Bonchev–Trinajstić information content (AvgIpc) is 2.47. The quantitative estimate of drug-likeness (QED) is 0.485. The van der Waals surface area contributed by atoms with E-state index in [4.69, 9.17) is 13.7 Å². The minimum Gasteiger partial charge on any atom is -0.420 e. The van der Waals surface area contributed by atoms with Crippen molar-refractivity contribution in [2.24, 2.45) is 0 Å². The van der Waals surface area contributed by atoms with Crippen LogP contribution in [0.1, 0.15) is 0 Å². The van der Waals surface area contributed by atoms with Crippen molar-refractivity contribution in [1.82, 2.24) is 4.89 Å². The molecule has 0 spiro atoms. The zero-order valence-corrected chi connectivity index (χ0v) is 11.9. The Morgan fingerprint density at radius 3 is 2.10 bits per heavy atom. The zero-order chi connectivity index (χ0) is 14.4. The highest BCUT2D eigenvalue weighted by Crippen LogP contribution is 2.46. The third-order valence-corrected chi connectivity index (χ3v) is 4.33. The fourth-order valence-electron chi connectivity index (χ4n) is 1.44. The first-order valence-corrected chi connectivity index (χ1v) is 8.20. The molecule has 2 aromatic carbocycles. The summed E-state index contributed by atoms with van der Waals surface area (Å²) in [7, 11) is -3.81. The second kappa shape index (κ2) is 6.78. The van der Waals surface area contributed by atoms with Gasteiger partial charge in [-0.2, -0.15) is 4.62 Å². The highest BCUT2D eigenvalue weighted by molar-refractivity contribution is 7.77. The molecule has 0 aliphatic heterocycles. The molecule has 0 saturated heterocycles. The minimum absolute atomic E-state index is 0.266. The van der Waals surface area contributed by atoms with Crippen LogP contribution < -0.4 is 14.7 Å². The Morgan fingerprint density at radius 1 is 1.00 bits per heavy atom. The lowest BCUT2D eigenvalue weighted by Gasteiger charge is -2.18. The Balaban J connectivity index is 2.29. The lowest BCUT2D eigenvalue weighted by molar-refractivity contribution is 0.234. The smallest absolute Gasteiger partial charge is 0.420 e. The maximum atomic E-state index is 12.7. The maximum Gasteiger partial charge on any atom is 0.427 e. The number of benzene rings is 2. The summed E-state index contributed by atoms with van der Waals surface area (Å²) in [6.07, 6.45) is 0. The molecular weight excluding hydrogens is 301 g/mol. The van der Waals surface area contributed by atoms with E-state index in [1.54, 1.807) is 65.5 Å². The van der Waals surface area contributed by atoms with Gasteiger partial charge in [0.1, 0.15) is 5.75 Å². The van der Waals surface area contributed by atoms with Gasteiger partial charge in [-0.25, -0.2) is 8.77 Å². The molecule has 0 saturated carbocycles. The molecule has 0 aliphatic rings. The van der Waals surface area contributed by atoms with E-state index in [0.717, 1.165) is 0 Å². The molecule has 6 nitrogen and oxygen atoms in total. The van der Waals surface area contributed by atoms with E-state index >= 15 is 0 Å². The maximum absolute atomic E-state index is 12.7. The van der Waals surface area contributed by atoms with Crippen molar-refractivity contribution >= 4 is 24.2 Å². The molecule has 106 valence electrons. The second-order valence-corrected chi connectivity index (χ2v) is 6.20. The SMILES string of the molecule is O=S(O)NOP(=O)(Oc1ccccc1)c1ccccc1. The Labute approximate surface area is 118 Å². The summed E-state index contributed by atoms with van der Waals surface area (Å²) in [6.45, 7) is 0. The molecule has 0 radical (unpaired) electrons. The number of hydrogen-bond acceptors (Lipinski definition) is 4. The summed E-state index contributed by atoms with van der Waals surface area (Å²) in [5.41, 5.74) is 0. The zero-order valence-electron chi connectivity index (χ0n) is 10.2. The van der Waals surface area contributed by atoms with Gasteiger partial charge in [-0.1, -0.05) is 41.3 Å². The Morgan fingerprint density at radius 2 is 1.55 bits per heavy atom. The van der Waals surface area contributed by atoms with Crippen molar-refractivity contribution in [3.05, 3.63) is 60.7 Å². The second-order valence-electron chi connectivity index (χ2n) is 3.66. The van der Waals surface area contributed by atoms with E-state index in [2.05, 4.69) is 0 Å². The van der Waals surface area contributed by atoms with Crippen LogP contribution >= 0.6 is 7.60 Å². The Hall–Kier alpha value is -1.50. The Bertz CT molecular complexity index is 622. The van der Waals surface area contributed by atoms with Gasteiger partial charge in [0.25, 0.3) is 11.3 Å². The molecule has 0 heterocycles. The normalized spacial score (nSPS) is 15.2. The third-order valence-electron chi connectivity index (χ3n) is 2.27. The fraction of sp³-hybridized carbons (Fsp3) is 0. The fourth-order valence-corrected chi connectivity index (χ4v) is 3.27. The molecule has 2 atom stereocenters. The summed E-state index contributed by atoms with van der Waals surface area (Å²) >= 11 is -2.47. The van der Waals surface area contributed by atoms with Crippen LogP contribution in [0, 0.1) is 0 Å². The topological polar surface area (TPSA) is 84.9 Å². The summed E-state index contributed by atoms with van der Waals surface area (Å²) in [5, 5.41) is 0.266. The number of hydrogen-bond donors (Lipinski definition) is 2. The van der Waals surface area contributed by atoms with Gasteiger partial charge in [-0.3, -0.25) is 4.55 Å². The van der Waals surface area contributed by atoms with Gasteiger partial charge in [-0.15, -0.1) is 0 Å². The first kappa shape index (κ1) is 14.9. The molecule has 0 fully saturated rings. The molecule has 0 amide bonds. The Kier molecular flexibility index (Phi) is 5.05. The van der Waals surface area contributed by atoms with E-state index in [-0.39, 0.29) is 5.30 Å². The summed E-state index contributed by atoms with van der Waals surface area (Å²) in [5.74, 6) is 0.324. The summed E-state index contributed by atoms with van der Waals surface area (Å²) < 4.78 is 42.2. The highest BCUT2D eigenvalue weighted by atomic mass is 32.2. The molecule has 0 bridgehead atoms. The van der Waals surface area contributed by atoms with Crippen molar-refractivity contribution in [2.75, 3.05) is 0 Å². The molecule has 0 aliphatic carbocycles. The molecule has 2 N–H and O–H groups in total. The molecular formula is C12H12NO5PS. The van der Waals surface area contributed by atoms with Crippen LogP contribution in [-0.4, -0.2) is 8.76 Å². The predicted molar refractivity (Wildman–Crippen MR) is 75.7 cm³/mol.